The van der Waals surface area contributed by atoms with Gasteiger partial charge in [-0.1, -0.05) is 60.7 Å². The minimum absolute atomic E-state index is 0.0798. The van der Waals surface area contributed by atoms with Crippen LogP contribution in [0, 0.1) is 0 Å². The van der Waals surface area contributed by atoms with Crippen LogP contribution in [0.3, 0.4) is 0 Å². The Hall–Kier alpha value is -1.72. The van der Waals surface area contributed by atoms with Gasteiger partial charge in [0, 0.05) is 13.1 Å². The normalized spacial score (nSPS) is 18.5. The summed E-state index contributed by atoms with van der Waals surface area (Å²) in [5, 5.41) is 10.7. The van der Waals surface area contributed by atoms with Crippen LogP contribution in [0.5, 0.6) is 0 Å². The summed E-state index contributed by atoms with van der Waals surface area (Å²) in [6.07, 6.45) is -1.15. The number of nitrogens with zero attached hydrogens (tertiary/aromatic N) is 1. The van der Waals surface area contributed by atoms with Gasteiger partial charge in [0.25, 0.3) is 0 Å². The second-order valence-corrected chi connectivity index (χ2v) is 6.12. The monoisotopic (exact) mass is 327 g/mol. The molecule has 0 spiro atoms. The third kappa shape index (κ3) is 4.22. The first-order valence-electron chi connectivity index (χ1n) is 8.51. The van der Waals surface area contributed by atoms with Crippen LogP contribution < -0.4 is 0 Å². The van der Waals surface area contributed by atoms with Crippen molar-refractivity contribution in [2.45, 2.75) is 25.4 Å². The van der Waals surface area contributed by atoms with Crippen LogP contribution in [0.2, 0.25) is 0 Å². The average Bonchev–Trinajstić information content (AvgIpc) is 2.67. The Morgan fingerprint density at radius 3 is 1.92 bits per heavy atom. The van der Waals surface area contributed by atoms with Gasteiger partial charge < -0.3 is 14.6 Å². The van der Waals surface area contributed by atoms with E-state index in [0.717, 1.165) is 24.2 Å². The molecule has 0 aliphatic carbocycles. The summed E-state index contributed by atoms with van der Waals surface area (Å²) in [6, 6.07) is 20.0. The van der Waals surface area contributed by atoms with Crippen LogP contribution in [0.25, 0.3) is 0 Å². The van der Waals surface area contributed by atoms with Crippen LogP contribution in [0.15, 0.2) is 60.7 Å². The van der Waals surface area contributed by atoms with Crippen molar-refractivity contribution in [2.75, 3.05) is 26.3 Å². The SMILES string of the molecule is C[C@H]([C@H](O)OC(c1ccccc1)c1ccccc1)N1CCOCC1. The Morgan fingerprint density at radius 2 is 1.42 bits per heavy atom. The molecule has 0 radical (unpaired) electrons. The van der Waals surface area contributed by atoms with Crippen molar-refractivity contribution in [3.8, 4) is 0 Å². The van der Waals surface area contributed by atoms with E-state index in [1.807, 2.05) is 67.6 Å². The highest BCUT2D eigenvalue weighted by molar-refractivity contribution is 5.29. The zero-order valence-corrected chi connectivity index (χ0v) is 14.0. The average molecular weight is 327 g/mol. The Bertz CT molecular complexity index is 559. The first-order chi connectivity index (χ1) is 11.8. The van der Waals surface area contributed by atoms with Gasteiger partial charge in [0.15, 0.2) is 6.29 Å². The van der Waals surface area contributed by atoms with Crippen LogP contribution in [-0.2, 0) is 9.47 Å². The van der Waals surface area contributed by atoms with Crippen molar-refractivity contribution in [3.05, 3.63) is 71.8 Å². The summed E-state index contributed by atoms with van der Waals surface area (Å²) in [4.78, 5) is 2.21. The standard InChI is InChI=1S/C20H25NO3/c1-16(21-12-14-23-15-13-21)20(22)24-19(17-8-4-2-5-9-17)18-10-6-3-7-11-18/h2-11,16,19-20,22H,12-15H2,1H3/t16-,20-/m1/s1. The van der Waals surface area contributed by atoms with E-state index in [0.29, 0.717) is 13.2 Å². The number of benzene rings is 2. The maximum Gasteiger partial charge on any atom is 0.171 e. The number of rotatable bonds is 6. The molecular weight excluding hydrogens is 302 g/mol. The lowest BCUT2D eigenvalue weighted by Crippen LogP contribution is -2.48. The molecule has 128 valence electrons. The molecule has 4 heteroatoms. The van der Waals surface area contributed by atoms with Gasteiger partial charge in [-0.05, 0) is 18.1 Å². The summed E-state index contributed by atoms with van der Waals surface area (Å²) in [5.74, 6) is 0. The van der Waals surface area contributed by atoms with Gasteiger partial charge in [-0.3, -0.25) is 4.90 Å². The molecule has 1 aliphatic heterocycles. The molecule has 24 heavy (non-hydrogen) atoms. The van der Waals surface area contributed by atoms with E-state index in [1.54, 1.807) is 0 Å². The lowest BCUT2D eigenvalue weighted by atomic mass is 10.0. The number of hydrogen-bond acceptors (Lipinski definition) is 4. The van der Waals surface area contributed by atoms with Crippen LogP contribution in [-0.4, -0.2) is 48.6 Å². The Morgan fingerprint density at radius 1 is 0.917 bits per heavy atom. The van der Waals surface area contributed by atoms with Gasteiger partial charge in [-0.2, -0.15) is 0 Å². The number of morpholine rings is 1. The minimum Gasteiger partial charge on any atom is -0.379 e. The van der Waals surface area contributed by atoms with Crippen molar-refractivity contribution in [1.82, 2.24) is 4.90 Å². The van der Waals surface area contributed by atoms with Crippen LogP contribution in [0.1, 0.15) is 24.2 Å². The number of aliphatic hydroxyl groups is 1. The first-order valence-corrected chi connectivity index (χ1v) is 8.51. The van der Waals surface area contributed by atoms with E-state index in [1.165, 1.54) is 0 Å². The molecule has 0 aromatic heterocycles. The van der Waals surface area contributed by atoms with E-state index < -0.39 is 6.29 Å². The van der Waals surface area contributed by atoms with Crippen molar-refractivity contribution in [3.63, 3.8) is 0 Å². The topological polar surface area (TPSA) is 41.9 Å². The Labute approximate surface area is 143 Å². The lowest BCUT2D eigenvalue weighted by Gasteiger charge is -2.36. The second kappa shape index (κ2) is 8.40. The summed E-state index contributed by atoms with van der Waals surface area (Å²) < 4.78 is 11.5. The molecule has 2 aromatic rings. The number of ether oxygens (including phenoxy) is 2. The van der Waals surface area contributed by atoms with Gasteiger partial charge in [0.2, 0.25) is 0 Å². The van der Waals surface area contributed by atoms with E-state index in [4.69, 9.17) is 9.47 Å². The Balaban J connectivity index is 1.76. The highest BCUT2D eigenvalue weighted by Gasteiger charge is 2.27. The van der Waals surface area contributed by atoms with Gasteiger partial charge in [0.05, 0.1) is 19.3 Å². The van der Waals surface area contributed by atoms with Crippen molar-refractivity contribution in [2.24, 2.45) is 0 Å². The fourth-order valence-electron chi connectivity index (χ4n) is 3.02. The molecule has 1 aliphatic rings. The predicted molar refractivity (Wildman–Crippen MR) is 93.7 cm³/mol. The number of hydrogen-bond donors (Lipinski definition) is 1. The fourth-order valence-corrected chi connectivity index (χ4v) is 3.02. The first kappa shape index (κ1) is 17.1. The lowest BCUT2D eigenvalue weighted by molar-refractivity contribution is -0.168. The largest absolute Gasteiger partial charge is 0.379 e. The van der Waals surface area contributed by atoms with E-state index in [9.17, 15) is 5.11 Å². The summed E-state index contributed by atoms with van der Waals surface area (Å²) in [5.41, 5.74) is 2.08. The number of aliphatic hydroxyl groups excluding tert-OH is 1. The zero-order chi connectivity index (χ0) is 16.8. The molecule has 2 aromatic carbocycles. The van der Waals surface area contributed by atoms with Gasteiger partial charge in [-0.15, -0.1) is 0 Å². The van der Waals surface area contributed by atoms with E-state index >= 15 is 0 Å². The van der Waals surface area contributed by atoms with Gasteiger partial charge in [-0.25, -0.2) is 0 Å². The zero-order valence-electron chi connectivity index (χ0n) is 14.0. The summed E-state index contributed by atoms with van der Waals surface area (Å²) >= 11 is 0. The molecule has 0 unspecified atom stereocenters. The molecule has 2 atom stereocenters. The van der Waals surface area contributed by atoms with E-state index in [-0.39, 0.29) is 12.1 Å². The quantitative estimate of drug-likeness (QED) is 0.829. The summed E-state index contributed by atoms with van der Waals surface area (Å²) in [6.45, 7) is 5.06. The van der Waals surface area contributed by atoms with Gasteiger partial charge in [0.1, 0.15) is 6.10 Å². The molecule has 1 N–H and O–H groups in total. The van der Waals surface area contributed by atoms with Gasteiger partial charge >= 0.3 is 0 Å². The maximum atomic E-state index is 10.7. The minimum atomic E-state index is -0.867. The van der Waals surface area contributed by atoms with Crippen LogP contribution in [0.4, 0.5) is 0 Å². The smallest absolute Gasteiger partial charge is 0.171 e. The molecule has 0 saturated carbocycles. The Kier molecular flexibility index (Phi) is 5.99. The third-order valence-electron chi connectivity index (χ3n) is 4.51. The predicted octanol–water partition coefficient (Wildman–Crippen LogP) is 2.83. The molecule has 1 saturated heterocycles. The molecule has 1 heterocycles. The molecule has 0 bridgehead atoms. The highest BCUT2D eigenvalue weighted by atomic mass is 16.6. The van der Waals surface area contributed by atoms with Crippen LogP contribution >= 0.6 is 0 Å². The molecule has 1 fully saturated rings. The highest BCUT2D eigenvalue weighted by Crippen LogP contribution is 2.28. The third-order valence-corrected chi connectivity index (χ3v) is 4.51. The summed E-state index contributed by atoms with van der Waals surface area (Å²) in [7, 11) is 0. The molecular formula is C20H25NO3. The van der Waals surface area contributed by atoms with Crippen molar-refractivity contribution in [1.29, 1.82) is 0 Å². The van der Waals surface area contributed by atoms with Crippen molar-refractivity contribution >= 4 is 0 Å². The fraction of sp³-hybridized carbons (Fsp3) is 0.400. The molecule has 3 rings (SSSR count). The van der Waals surface area contributed by atoms with Crippen molar-refractivity contribution < 1.29 is 14.6 Å². The second-order valence-electron chi connectivity index (χ2n) is 6.12. The molecule has 4 nitrogen and oxygen atoms in total. The molecule has 0 amide bonds. The van der Waals surface area contributed by atoms with E-state index in [2.05, 4.69) is 4.90 Å². The maximum absolute atomic E-state index is 10.7.